The lowest BCUT2D eigenvalue weighted by molar-refractivity contribution is -0.187. The number of esters is 1. The molecular formula is C22H27FN2O4. The molecular weight excluding hydrogens is 375 g/mol. The van der Waals surface area contributed by atoms with Crippen LogP contribution in [0.25, 0.3) is 10.9 Å². The molecule has 6 nitrogen and oxygen atoms in total. The van der Waals surface area contributed by atoms with E-state index in [1.165, 1.54) is 13.8 Å². The molecule has 3 saturated heterocycles. The number of carbonyl (C=O) groups excluding carboxylic acids is 1. The molecule has 0 amide bonds. The van der Waals surface area contributed by atoms with Gasteiger partial charge in [-0.15, -0.1) is 0 Å². The second kappa shape index (κ2) is 7.54. The SMILES string of the molecule is COc1ccc2nccc([C@H](OC(C)=O)[C@H]3C[C@@H]4CCN3C[C@]4(O)[C@H](C)F)c2c1. The van der Waals surface area contributed by atoms with E-state index in [0.717, 1.165) is 29.4 Å². The molecule has 1 aromatic heterocycles. The number of methoxy groups -OCH3 is 1. The van der Waals surface area contributed by atoms with Gasteiger partial charge in [0, 0.05) is 30.6 Å². The highest BCUT2D eigenvalue weighted by Gasteiger charge is 2.54. The van der Waals surface area contributed by atoms with Crippen molar-refractivity contribution in [1.29, 1.82) is 0 Å². The molecule has 4 heterocycles. The molecule has 3 aliphatic rings. The molecule has 3 fully saturated rings. The number of halogens is 1. The number of alkyl halides is 1. The van der Waals surface area contributed by atoms with Gasteiger partial charge in [-0.1, -0.05) is 0 Å². The number of hydrogen-bond acceptors (Lipinski definition) is 6. The van der Waals surface area contributed by atoms with Crippen LogP contribution < -0.4 is 4.74 Å². The number of nitrogens with zero attached hydrogens (tertiary/aromatic N) is 2. The van der Waals surface area contributed by atoms with Crippen LogP contribution in [0.5, 0.6) is 5.75 Å². The summed E-state index contributed by atoms with van der Waals surface area (Å²) in [6.07, 6.45) is 1.16. The van der Waals surface area contributed by atoms with E-state index in [1.807, 2.05) is 24.3 Å². The first kappa shape index (κ1) is 20.0. The Labute approximate surface area is 169 Å². The maximum Gasteiger partial charge on any atom is 0.303 e. The fourth-order valence-electron chi connectivity index (χ4n) is 4.97. The number of aliphatic hydroxyl groups is 1. The Morgan fingerprint density at radius 1 is 1.41 bits per heavy atom. The van der Waals surface area contributed by atoms with E-state index in [4.69, 9.17) is 9.47 Å². The Kier molecular flexibility index (Phi) is 5.21. The van der Waals surface area contributed by atoms with Crippen molar-refractivity contribution in [1.82, 2.24) is 9.88 Å². The summed E-state index contributed by atoms with van der Waals surface area (Å²) >= 11 is 0. The molecule has 3 aliphatic heterocycles. The highest BCUT2D eigenvalue weighted by atomic mass is 19.1. The minimum Gasteiger partial charge on any atom is -0.497 e. The monoisotopic (exact) mass is 402 g/mol. The van der Waals surface area contributed by atoms with Crippen LogP contribution in [0.2, 0.25) is 0 Å². The zero-order valence-corrected chi connectivity index (χ0v) is 17.0. The van der Waals surface area contributed by atoms with E-state index >= 15 is 0 Å². The van der Waals surface area contributed by atoms with Crippen LogP contribution in [0.15, 0.2) is 30.5 Å². The third kappa shape index (κ3) is 3.46. The maximum absolute atomic E-state index is 14.2. The fraction of sp³-hybridized carbons (Fsp3) is 0.545. The smallest absolute Gasteiger partial charge is 0.303 e. The summed E-state index contributed by atoms with van der Waals surface area (Å²) in [6.45, 7) is 3.80. The van der Waals surface area contributed by atoms with Gasteiger partial charge in [-0.25, -0.2) is 4.39 Å². The topological polar surface area (TPSA) is 71.9 Å². The quantitative estimate of drug-likeness (QED) is 0.775. The molecule has 6 atom stereocenters. The minimum atomic E-state index is -1.35. The van der Waals surface area contributed by atoms with E-state index in [2.05, 4.69) is 9.88 Å². The number of rotatable bonds is 5. The number of pyridine rings is 1. The first-order valence-corrected chi connectivity index (χ1v) is 10.0. The predicted molar refractivity (Wildman–Crippen MR) is 106 cm³/mol. The van der Waals surface area contributed by atoms with Gasteiger partial charge in [-0.3, -0.25) is 14.7 Å². The molecule has 0 aliphatic carbocycles. The Morgan fingerprint density at radius 2 is 2.21 bits per heavy atom. The average molecular weight is 402 g/mol. The zero-order chi connectivity index (χ0) is 20.8. The lowest BCUT2D eigenvalue weighted by Gasteiger charge is -2.56. The molecule has 1 aromatic carbocycles. The van der Waals surface area contributed by atoms with E-state index in [0.29, 0.717) is 12.2 Å². The first-order chi connectivity index (χ1) is 13.8. The molecule has 5 rings (SSSR count). The lowest BCUT2D eigenvalue weighted by Crippen LogP contribution is -2.67. The number of piperidine rings is 3. The van der Waals surface area contributed by atoms with Crippen molar-refractivity contribution in [2.75, 3.05) is 20.2 Å². The van der Waals surface area contributed by atoms with Crippen LogP contribution in [0.4, 0.5) is 4.39 Å². The van der Waals surface area contributed by atoms with Crippen LogP contribution in [0.3, 0.4) is 0 Å². The highest BCUT2D eigenvalue weighted by molar-refractivity contribution is 5.84. The van der Waals surface area contributed by atoms with Crippen molar-refractivity contribution in [2.24, 2.45) is 5.92 Å². The standard InChI is InChI=1S/C22H27FN2O4/c1-13(23)22(27)12-25-9-7-15(22)10-20(25)21(29-14(2)26)17-6-8-24-19-5-4-16(28-3)11-18(17)19/h4-6,8,11,13,15,20-21,27H,7,9-10,12H2,1-3H3/t13-,15-,20+,21-,22-/m0/s1. The summed E-state index contributed by atoms with van der Waals surface area (Å²) in [6, 6.07) is 7.34. The van der Waals surface area contributed by atoms with Gasteiger partial charge in [0.2, 0.25) is 0 Å². The summed E-state index contributed by atoms with van der Waals surface area (Å²) in [5.41, 5.74) is 0.280. The van der Waals surface area contributed by atoms with Crippen LogP contribution in [-0.4, -0.2) is 59.0 Å². The number of carbonyl (C=O) groups is 1. The Hall–Kier alpha value is -2.25. The van der Waals surface area contributed by atoms with Crippen molar-refractivity contribution in [2.45, 2.75) is 50.6 Å². The summed E-state index contributed by atoms with van der Waals surface area (Å²) in [5, 5.41) is 11.7. The molecule has 7 heteroatoms. The van der Waals surface area contributed by atoms with Crippen molar-refractivity contribution in [3.63, 3.8) is 0 Å². The van der Waals surface area contributed by atoms with Crippen molar-refractivity contribution in [3.8, 4) is 5.75 Å². The van der Waals surface area contributed by atoms with Crippen LogP contribution in [0.1, 0.15) is 38.4 Å². The summed E-state index contributed by atoms with van der Waals surface area (Å²) in [5.74, 6) is 0.150. The number of hydrogen-bond donors (Lipinski definition) is 1. The van der Waals surface area contributed by atoms with Gasteiger partial charge in [-0.2, -0.15) is 0 Å². The minimum absolute atomic E-state index is 0.131. The van der Waals surface area contributed by atoms with Gasteiger partial charge >= 0.3 is 5.97 Å². The van der Waals surface area contributed by atoms with Gasteiger partial charge in [0.1, 0.15) is 23.6 Å². The Bertz CT molecular complexity index is 921. The molecule has 2 bridgehead atoms. The number of fused-ring (bicyclic) bond motifs is 4. The van der Waals surface area contributed by atoms with Crippen LogP contribution in [-0.2, 0) is 9.53 Å². The molecule has 0 spiro atoms. The van der Waals surface area contributed by atoms with E-state index in [1.54, 1.807) is 13.3 Å². The van der Waals surface area contributed by atoms with Crippen molar-refractivity contribution >= 4 is 16.9 Å². The van der Waals surface area contributed by atoms with Crippen LogP contribution in [0, 0.1) is 5.92 Å². The Balaban J connectivity index is 1.76. The predicted octanol–water partition coefficient (Wildman–Crippen LogP) is 3.03. The van der Waals surface area contributed by atoms with Gasteiger partial charge in [0.05, 0.1) is 18.7 Å². The van der Waals surface area contributed by atoms with Crippen LogP contribution >= 0.6 is 0 Å². The lowest BCUT2D eigenvalue weighted by atomic mass is 9.69. The maximum atomic E-state index is 14.2. The second-order valence-electron chi connectivity index (χ2n) is 8.18. The summed E-state index contributed by atoms with van der Waals surface area (Å²) in [4.78, 5) is 18.5. The number of ether oxygens (including phenoxy) is 2. The van der Waals surface area contributed by atoms with E-state index < -0.39 is 17.9 Å². The average Bonchev–Trinajstić information content (AvgIpc) is 2.71. The van der Waals surface area contributed by atoms with Crippen molar-refractivity contribution in [3.05, 3.63) is 36.0 Å². The summed E-state index contributed by atoms with van der Waals surface area (Å²) < 4.78 is 25.4. The van der Waals surface area contributed by atoms with Crippen molar-refractivity contribution < 1.29 is 23.8 Å². The molecule has 0 saturated carbocycles. The summed E-state index contributed by atoms with van der Waals surface area (Å²) in [7, 11) is 1.60. The van der Waals surface area contributed by atoms with E-state index in [9.17, 15) is 14.3 Å². The highest BCUT2D eigenvalue weighted by Crippen LogP contribution is 2.46. The number of aromatic nitrogens is 1. The normalized spacial score (nSPS) is 30.7. The fourth-order valence-corrected chi connectivity index (χ4v) is 4.97. The Morgan fingerprint density at radius 3 is 2.83 bits per heavy atom. The van der Waals surface area contributed by atoms with Gasteiger partial charge in [0.15, 0.2) is 0 Å². The molecule has 1 N–H and O–H groups in total. The molecule has 2 aromatic rings. The van der Waals surface area contributed by atoms with Gasteiger partial charge < -0.3 is 14.6 Å². The third-order valence-electron chi connectivity index (χ3n) is 6.54. The molecule has 1 unspecified atom stereocenters. The second-order valence-corrected chi connectivity index (χ2v) is 8.18. The molecule has 29 heavy (non-hydrogen) atoms. The molecule has 156 valence electrons. The largest absolute Gasteiger partial charge is 0.497 e. The number of benzene rings is 1. The van der Waals surface area contributed by atoms with Gasteiger partial charge in [0.25, 0.3) is 0 Å². The third-order valence-corrected chi connectivity index (χ3v) is 6.54. The zero-order valence-electron chi connectivity index (χ0n) is 17.0. The van der Waals surface area contributed by atoms with E-state index in [-0.39, 0.29) is 24.5 Å². The first-order valence-electron chi connectivity index (χ1n) is 10.0. The molecule has 0 radical (unpaired) electrons. The van der Waals surface area contributed by atoms with Gasteiger partial charge in [-0.05, 0) is 56.5 Å².